The van der Waals surface area contributed by atoms with Gasteiger partial charge in [-0.25, -0.2) is 0 Å². The minimum absolute atomic E-state index is 0.916. The lowest BCUT2D eigenvalue weighted by atomic mass is 10.3. The van der Waals surface area contributed by atoms with Crippen LogP contribution in [-0.2, 0) is 0 Å². The van der Waals surface area contributed by atoms with Crippen LogP contribution in [0.2, 0.25) is 0 Å². The molecular formula is C8H11NS2. The van der Waals surface area contributed by atoms with Crippen LogP contribution in [0.3, 0.4) is 0 Å². The van der Waals surface area contributed by atoms with Crippen LogP contribution in [0, 0.1) is 0 Å². The Bertz CT molecular complexity index is 258. The van der Waals surface area contributed by atoms with Gasteiger partial charge in [-0.05, 0) is 18.2 Å². The highest BCUT2D eigenvalue weighted by Crippen LogP contribution is 2.23. The Labute approximate surface area is 78.2 Å². The highest BCUT2D eigenvalue weighted by molar-refractivity contribution is 7.83. The van der Waals surface area contributed by atoms with Gasteiger partial charge in [0.05, 0.1) is 0 Å². The van der Waals surface area contributed by atoms with Crippen molar-refractivity contribution in [1.29, 1.82) is 0 Å². The largest absolute Gasteiger partial charge is 0.378 e. The second-order valence-corrected chi connectivity index (χ2v) is 3.53. The van der Waals surface area contributed by atoms with E-state index in [1.54, 1.807) is 0 Å². The minimum atomic E-state index is 0.916. The zero-order chi connectivity index (χ0) is 8.43. The maximum absolute atomic E-state index is 4.26. The van der Waals surface area contributed by atoms with E-state index in [0.717, 1.165) is 15.5 Å². The van der Waals surface area contributed by atoms with E-state index in [9.17, 15) is 0 Å². The molecule has 0 fully saturated rings. The first kappa shape index (κ1) is 8.81. The van der Waals surface area contributed by atoms with Gasteiger partial charge in [0, 0.05) is 29.6 Å². The van der Waals surface area contributed by atoms with Crippen LogP contribution in [0.25, 0.3) is 0 Å². The Morgan fingerprint density at radius 1 is 1.09 bits per heavy atom. The van der Waals surface area contributed by atoms with E-state index in [1.807, 2.05) is 37.2 Å². The molecule has 0 aromatic heterocycles. The molecule has 1 rings (SSSR count). The molecule has 0 aliphatic carbocycles. The summed E-state index contributed by atoms with van der Waals surface area (Å²) in [6.07, 6.45) is 0. The number of hydrogen-bond acceptors (Lipinski definition) is 3. The van der Waals surface area contributed by atoms with E-state index in [0.29, 0.717) is 0 Å². The maximum Gasteiger partial charge on any atom is 0.0372 e. The summed E-state index contributed by atoms with van der Waals surface area (Å²) < 4.78 is 0. The van der Waals surface area contributed by atoms with Crippen molar-refractivity contribution in [2.24, 2.45) is 0 Å². The predicted molar refractivity (Wildman–Crippen MR) is 55.3 cm³/mol. The van der Waals surface area contributed by atoms with Crippen LogP contribution >= 0.6 is 25.3 Å². The average molecular weight is 185 g/mol. The Kier molecular flexibility index (Phi) is 2.73. The summed E-state index contributed by atoms with van der Waals surface area (Å²) in [5, 5.41) is 0. The second kappa shape index (κ2) is 3.41. The van der Waals surface area contributed by atoms with Gasteiger partial charge in [-0.15, -0.1) is 25.3 Å². The number of benzene rings is 1. The van der Waals surface area contributed by atoms with Crippen molar-refractivity contribution in [3.05, 3.63) is 18.2 Å². The summed E-state index contributed by atoms with van der Waals surface area (Å²) >= 11 is 8.48. The lowest BCUT2D eigenvalue weighted by molar-refractivity contribution is 1.11. The molecule has 11 heavy (non-hydrogen) atoms. The third-order valence-corrected chi connectivity index (χ3v) is 2.41. The van der Waals surface area contributed by atoms with E-state index in [1.165, 1.54) is 0 Å². The molecule has 0 N–H and O–H groups in total. The smallest absolute Gasteiger partial charge is 0.0372 e. The van der Waals surface area contributed by atoms with Crippen molar-refractivity contribution in [1.82, 2.24) is 0 Å². The van der Waals surface area contributed by atoms with E-state index in [-0.39, 0.29) is 0 Å². The molecule has 0 heterocycles. The molecule has 0 bridgehead atoms. The molecule has 0 unspecified atom stereocenters. The summed E-state index contributed by atoms with van der Waals surface area (Å²) in [4.78, 5) is 3.87. The fourth-order valence-corrected chi connectivity index (χ4v) is 1.14. The van der Waals surface area contributed by atoms with E-state index < -0.39 is 0 Å². The van der Waals surface area contributed by atoms with Crippen LogP contribution in [-0.4, -0.2) is 14.1 Å². The molecule has 1 aromatic rings. The van der Waals surface area contributed by atoms with Crippen molar-refractivity contribution in [2.45, 2.75) is 9.79 Å². The summed E-state index contributed by atoms with van der Waals surface area (Å²) in [6, 6.07) is 5.95. The van der Waals surface area contributed by atoms with Crippen molar-refractivity contribution in [2.75, 3.05) is 19.0 Å². The van der Waals surface area contributed by atoms with Crippen LogP contribution in [0.5, 0.6) is 0 Å². The van der Waals surface area contributed by atoms with E-state index in [4.69, 9.17) is 0 Å². The molecule has 0 saturated heterocycles. The molecule has 60 valence electrons. The summed E-state index contributed by atoms with van der Waals surface area (Å²) in [6.45, 7) is 0. The molecule has 1 nitrogen and oxygen atoms in total. The van der Waals surface area contributed by atoms with Gasteiger partial charge in [0.2, 0.25) is 0 Å². The third kappa shape index (κ3) is 2.07. The number of anilines is 1. The molecule has 0 atom stereocenters. The highest BCUT2D eigenvalue weighted by atomic mass is 32.1. The monoisotopic (exact) mass is 185 g/mol. The van der Waals surface area contributed by atoms with Gasteiger partial charge < -0.3 is 4.90 Å². The zero-order valence-electron chi connectivity index (χ0n) is 6.57. The van der Waals surface area contributed by atoms with Crippen LogP contribution in [0.4, 0.5) is 5.69 Å². The summed E-state index contributed by atoms with van der Waals surface area (Å²) in [5.74, 6) is 0. The second-order valence-electron chi connectivity index (χ2n) is 2.57. The molecular weight excluding hydrogens is 174 g/mol. The number of nitrogens with zero attached hydrogens (tertiary/aromatic N) is 1. The molecule has 0 spiro atoms. The predicted octanol–water partition coefficient (Wildman–Crippen LogP) is 2.33. The molecule has 0 amide bonds. The van der Waals surface area contributed by atoms with E-state index >= 15 is 0 Å². The molecule has 0 radical (unpaired) electrons. The van der Waals surface area contributed by atoms with Crippen molar-refractivity contribution < 1.29 is 0 Å². The molecule has 3 heteroatoms. The molecule has 0 aliphatic rings. The van der Waals surface area contributed by atoms with Crippen LogP contribution < -0.4 is 4.90 Å². The van der Waals surface area contributed by atoms with Gasteiger partial charge in [-0.1, -0.05) is 0 Å². The number of rotatable bonds is 1. The quantitative estimate of drug-likeness (QED) is 0.635. The van der Waals surface area contributed by atoms with Crippen LogP contribution in [0.1, 0.15) is 0 Å². The van der Waals surface area contributed by atoms with Gasteiger partial charge >= 0.3 is 0 Å². The Morgan fingerprint density at radius 2 is 1.73 bits per heavy atom. The van der Waals surface area contributed by atoms with Crippen molar-refractivity contribution >= 4 is 30.9 Å². The number of thiol groups is 2. The first-order valence-corrected chi connectivity index (χ1v) is 4.20. The molecule has 0 aliphatic heterocycles. The van der Waals surface area contributed by atoms with Gasteiger partial charge in [-0.2, -0.15) is 0 Å². The lowest BCUT2D eigenvalue weighted by Gasteiger charge is -2.12. The number of hydrogen-bond donors (Lipinski definition) is 2. The van der Waals surface area contributed by atoms with Gasteiger partial charge in [0.1, 0.15) is 0 Å². The Balaban J connectivity index is 3.05. The fraction of sp³-hybridized carbons (Fsp3) is 0.250. The molecule has 1 aromatic carbocycles. The third-order valence-electron chi connectivity index (χ3n) is 1.48. The minimum Gasteiger partial charge on any atom is -0.378 e. The fourth-order valence-electron chi connectivity index (χ4n) is 0.790. The van der Waals surface area contributed by atoms with Crippen molar-refractivity contribution in [3.8, 4) is 0 Å². The maximum atomic E-state index is 4.26. The lowest BCUT2D eigenvalue weighted by Crippen LogP contribution is -2.08. The SMILES string of the molecule is CN(C)c1ccc(S)c(S)c1. The topological polar surface area (TPSA) is 3.24 Å². The normalized spacial score (nSPS) is 9.82. The van der Waals surface area contributed by atoms with Gasteiger partial charge in [0.25, 0.3) is 0 Å². The van der Waals surface area contributed by atoms with Gasteiger partial charge in [-0.3, -0.25) is 0 Å². The first-order valence-electron chi connectivity index (χ1n) is 3.30. The Hall–Kier alpha value is -0.280. The standard InChI is InChI=1S/C8H11NS2/c1-9(2)6-3-4-7(10)8(11)5-6/h3-5,10-11H,1-2H3. The first-order chi connectivity index (χ1) is 5.11. The van der Waals surface area contributed by atoms with Crippen molar-refractivity contribution in [3.63, 3.8) is 0 Å². The average Bonchev–Trinajstić information content (AvgIpc) is 1.94. The summed E-state index contributed by atoms with van der Waals surface area (Å²) in [7, 11) is 4.00. The van der Waals surface area contributed by atoms with E-state index in [2.05, 4.69) is 25.3 Å². The Morgan fingerprint density at radius 3 is 2.18 bits per heavy atom. The summed E-state index contributed by atoms with van der Waals surface area (Å²) in [5.41, 5.74) is 1.15. The van der Waals surface area contributed by atoms with Gasteiger partial charge in [0.15, 0.2) is 0 Å². The zero-order valence-corrected chi connectivity index (χ0v) is 8.36. The highest BCUT2D eigenvalue weighted by Gasteiger charge is 1.97. The molecule has 0 saturated carbocycles. The van der Waals surface area contributed by atoms with Crippen LogP contribution in [0.15, 0.2) is 28.0 Å².